The van der Waals surface area contributed by atoms with Crippen molar-refractivity contribution in [3.05, 3.63) is 29.6 Å². The van der Waals surface area contributed by atoms with Gasteiger partial charge in [0.1, 0.15) is 5.82 Å². The molecule has 1 unspecified atom stereocenters. The summed E-state index contributed by atoms with van der Waals surface area (Å²) in [6.07, 6.45) is 7.51. The Bertz CT molecular complexity index is 639. The first-order valence-corrected chi connectivity index (χ1v) is 8.16. The van der Waals surface area contributed by atoms with Gasteiger partial charge in [0, 0.05) is 25.6 Å². The van der Waals surface area contributed by atoms with Gasteiger partial charge in [0.25, 0.3) is 0 Å². The third-order valence-corrected chi connectivity index (χ3v) is 4.66. The van der Waals surface area contributed by atoms with Crippen LogP contribution in [-0.2, 0) is 17.7 Å². The van der Waals surface area contributed by atoms with E-state index in [1.54, 1.807) is 0 Å². The Labute approximate surface area is 125 Å². The second-order valence-electron chi connectivity index (χ2n) is 6.35. The highest BCUT2D eigenvalue weighted by Crippen LogP contribution is 2.39. The number of benzene rings is 1. The third kappa shape index (κ3) is 2.58. The molecule has 112 valence electrons. The molecule has 1 saturated heterocycles. The smallest absolute Gasteiger partial charge is 0.112 e. The molecule has 2 fully saturated rings. The van der Waals surface area contributed by atoms with Crippen LogP contribution in [0.1, 0.15) is 49.5 Å². The number of nitrogens with zero attached hydrogens (tertiary/aromatic N) is 2. The van der Waals surface area contributed by atoms with Crippen molar-refractivity contribution in [1.82, 2.24) is 9.55 Å². The second kappa shape index (κ2) is 5.43. The number of imidazole rings is 1. The molecular formula is C17H23N3O. The molecule has 2 N–H and O–H groups in total. The third-order valence-electron chi connectivity index (χ3n) is 4.66. The summed E-state index contributed by atoms with van der Waals surface area (Å²) < 4.78 is 8.36. The highest BCUT2D eigenvalue weighted by molar-refractivity contribution is 5.77. The molecule has 1 aliphatic heterocycles. The van der Waals surface area contributed by atoms with Crippen molar-refractivity contribution in [2.75, 3.05) is 6.61 Å². The molecule has 1 atom stereocenters. The molecule has 0 radical (unpaired) electrons. The van der Waals surface area contributed by atoms with Gasteiger partial charge in [0.2, 0.25) is 0 Å². The second-order valence-corrected chi connectivity index (χ2v) is 6.35. The van der Waals surface area contributed by atoms with Crippen LogP contribution in [0.25, 0.3) is 11.0 Å². The number of aromatic nitrogens is 2. The van der Waals surface area contributed by atoms with Crippen LogP contribution in [0, 0.1) is 0 Å². The Morgan fingerprint density at radius 3 is 2.86 bits per heavy atom. The van der Waals surface area contributed by atoms with Crippen molar-refractivity contribution in [3.63, 3.8) is 0 Å². The van der Waals surface area contributed by atoms with Crippen molar-refractivity contribution in [2.24, 2.45) is 5.73 Å². The monoisotopic (exact) mass is 285 g/mol. The maximum absolute atomic E-state index is 5.90. The average Bonchev–Trinajstić information content (AvgIpc) is 3.29. The molecule has 0 amide bonds. The lowest BCUT2D eigenvalue weighted by atomic mass is 10.1. The minimum atomic E-state index is 0.349. The molecule has 2 aromatic rings. The molecule has 21 heavy (non-hydrogen) atoms. The summed E-state index contributed by atoms with van der Waals surface area (Å²) >= 11 is 0. The Morgan fingerprint density at radius 2 is 2.14 bits per heavy atom. The highest BCUT2D eigenvalue weighted by Gasteiger charge is 2.29. The molecule has 1 saturated carbocycles. The summed E-state index contributed by atoms with van der Waals surface area (Å²) in [6.45, 7) is 1.49. The quantitative estimate of drug-likeness (QED) is 0.939. The summed E-state index contributed by atoms with van der Waals surface area (Å²) in [7, 11) is 0. The summed E-state index contributed by atoms with van der Waals surface area (Å²) in [5.74, 6) is 1.20. The number of rotatable bonds is 4. The Kier molecular flexibility index (Phi) is 3.43. The molecule has 4 nitrogen and oxygen atoms in total. The van der Waals surface area contributed by atoms with Crippen molar-refractivity contribution in [2.45, 2.75) is 57.2 Å². The highest BCUT2D eigenvalue weighted by atomic mass is 16.5. The lowest BCUT2D eigenvalue weighted by Gasteiger charge is -2.22. The Hall–Kier alpha value is -1.39. The van der Waals surface area contributed by atoms with E-state index in [1.165, 1.54) is 43.4 Å². The van der Waals surface area contributed by atoms with Crippen LogP contribution in [0.2, 0.25) is 0 Å². The fourth-order valence-electron chi connectivity index (χ4n) is 3.38. The SMILES string of the molecule is NCc1ccc2c(c1)nc(CC1CCCCO1)n2C1CC1. The molecule has 0 bridgehead atoms. The van der Waals surface area contributed by atoms with Gasteiger partial charge in [0.05, 0.1) is 17.1 Å². The fraction of sp³-hybridized carbons (Fsp3) is 0.588. The minimum Gasteiger partial charge on any atom is -0.378 e. The zero-order chi connectivity index (χ0) is 14.2. The summed E-state index contributed by atoms with van der Waals surface area (Å²) in [5, 5.41) is 0. The van der Waals surface area contributed by atoms with Crippen LogP contribution < -0.4 is 5.73 Å². The topological polar surface area (TPSA) is 53.1 Å². The lowest BCUT2D eigenvalue weighted by molar-refractivity contribution is 0.0152. The summed E-state index contributed by atoms with van der Waals surface area (Å²) in [5.41, 5.74) is 9.27. The molecule has 4 rings (SSSR count). The van der Waals surface area contributed by atoms with Crippen LogP contribution >= 0.6 is 0 Å². The molecule has 1 aliphatic carbocycles. The first-order chi connectivity index (χ1) is 10.3. The minimum absolute atomic E-state index is 0.349. The predicted octanol–water partition coefficient (Wildman–Crippen LogP) is 2.94. The van der Waals surface area contributed by atoms with Crippen molar-refractivity contribution < 1.29 is 4.74 Å². The standard InChI is InChI=1S/C17H23N3O/c18-11-12-4-7-16-15(9-12)19-17(20(16)13-5-6-13)10-14-3-1-2-8-21-14/h4,7,9,13-14H,1-3,5-6,8,10-11,18H2. The zero-order valence-corrected chi connectivity index (χ0v) is 12.4. The van der Waals surface area contributed by atoms with E-state index in [1.807, 2.05) is 0 Å². The van der Waals surface area contributed by atoms with Crippen molar-refractivity contribution in [3.8, 4) is 0 Å². The largest absolute Gasteiger partial charge is 0.378 e. The van der Waals surface area contributed by atoms with E-state index in [0.29, 0.717) is 18.7 Å². The van der Waals surface area contributed by atoms with Crippen LogP contribution in [0.4, 0.5) is 0 Å². The van der Waals surface area contributed by atoms with Gasteiger partial charge in [-0.2, -0.15) is 0 Å². The van der Waals surface area contributed by atoms with Gasteiger partial charge in [-0.25, -0.2) is 4.98 Å². The van der Waals surface area contributed by atoms with Gasteiger partial charge < -0.3 is 15.0 Å². The Morgan fingerprint density at radius 1 is 1.24 bits per heavy atom. The lowest BCUT2D eigenvalue weighted by Crippen LogP contribution is -2.23. The van der Waals surface area contributed by atoms with E-state index in [9.17, 15) is 0 Å². The normalized spacial score (nSPS) is 22.8. The maximum atomic E-state index is 5.90. The van der Waals surface area contributed by atoms with Gasteiger partial charge in [-0.15, -0.1) is 0 Å². The molecule has 1 aromatic carbocycles. The van der Waals surface area contributed by atoms with E-state index < -0.39 is 0 Å². The number of hydrogen-bond acceptors (Lipinski definition) is 3. The molecule has 4 heteroatoms. The van der Waals surface area contributed by atoms with E-state index in [2.05, 4.69) is 22.8 Å². The van der Waals surface area contributed by atoms with E-state index in [0.717, 1.165) is 24.1 Å². The Balaban J connectivity index is 1.70. The number of fused-ring (bicyclic) bond motifs is 1. The van der Waals surface area contributed by atoms with E-state index in [-0.39, 0.29) is 0 Å². The van der Waals surface area contributed by atoms with Crippen molar-refractivity contribution >= 4 is 11.0 Å². The summed E-state index contributed by atoms with van der Waals surface area (Å²) in [4.78, 5) is 4.90. The first kappa shape index (κ1) is 13.3. The van der Waals surface area contributed by atoms with Gasteiger partial charge >= 0.3 is 0 Å². The maximum Gasteiger partial charge on any atom is 0.112 e. The number of nitrogens with two attached hydrogens (primary N) is 1. The van der Waals surface area contributed by atoms with Crippen LogP contribution in [0.15, 0.2) is 18.2 Å². The van der Waals surface area contributed by atoms with E-state index in [4.69, 9.17) is 15.5 Å². The average molecular weight is 285 g/mol. The number of hydrogen-bond donors (Lipinski definition) is 1. The van der Waals surface area contributed by atoms with Crippen LogP contribution in [0.5, 0.6) is 0 Å². The van der Waals surface area contributed by atoms with Crippen LogP contribution in [0.3, 0.4) is 0 Å². The fourth-order valence-corrected chi connectivity index (χ4v) is 3.38. The number of ether oxygens (including phenoxy) is 1. The van der Waals surface area contributed by atoms with E-state index >= 15 is 0 Å². The van der Waals surface area contributed by atoms with Gasteiger partial charge in [-0.1, -0.05) is 6.07 Å². The molecule has 0 spiro atoms. The van der Waals surface area contributed by atoms with Gasteiger partial charge in [0.15, 0.2) is 0 Å². The van der Waals surface area contributed by atoms with Crippen molar-refractivity contribution in [1.29, 1.82) is 0 Å². The predicted molar refractivity (Wildman–Crippen MR) is 83.2 cm³/mol. The first-order valence-electron chi connectivity index (χ1n) is 8.16. The molecule has 1 aromatic heterocycles. The molecule has 2 aliphatic rings. The molecular weight excluding hydrogens is 262 g/mol. The zero-order valence-electron chi connectivity index (χ0n) is 12.4. The van der Waals surface area contributed by atoms with Gasteiger partial charge in [-0.05, 0) is 49.8 Å². The summed E-state index contributed by atoms with van der Waals surface area (Å²) in [6, 6.07) is 7.11. The van der Waals surface area contributed by atoms with Crippen LogP contribution in [-0.4, -0.2) is 22.3 Å². The van der Waals surface area contributed by atoms with Gasteiger partial charge in [-0.3, -0.25) is 0 Å². The molecule has 2 heterocycles.